The molecule has 0 saturated carbocycles. The van der Waals surface area contributed by atoms with Gasteiger partial charge >= 0.3 is 5.97 Å². The number of halogens is 2. The summed E-state index contributed by atoms with van der Waals surface area (Å²) in [5.74, 6) is -0.187. The first-order chi connectivity index (χ1) is 8.22. The lowest BCUT2D eigenvalue weighted by atomic mass is 10.2. The summed E-state index contributed by atoms with van der Waals surface area (Å²) in [4.78, 5) is 16.4. The maximum atomic E-state index is 11.4. The van der Waals surface area contributed by atoms with E-state index < -0.39 is 0 Å². The van der Waals surface area contributed by atoms with Crippen LogP contribution in [0.2, 0.25) is 5.15 Å². The molecule has 0 aliphatic carbocycles. The van der Waals surface area contributed by atoms with E-state index in [1.54, 1.807) is 0 Å². The fourth-order valence-corrected chi connectivity index (χ4v) is 2.49. The van der Waals surface area contributed by atoms with Crippen molar-refractivity contribution in [1.82, 2.24) is 9.38 Å². The topological polar surface area (TPSA) is 43.6 Å². The van der Waals surface area contributed by atoms with Gasteiger partial charge in [0.25, 0.3) is 0 Å². The Balaban J connectivity index is 0.00000162. The third-order valence-electron chi connectivity index (χ3n) is 2.42. The highest BCUT2D eigenvalue weighted by Gasteiger charge is 2.13. The van der Waals surface area contributed by atoms with Crippen molar-refractivity contribution >= 4 is 50.8 Å². The van der Waals surface area contributed by atoms with Crippen LogP contribution in [0.3, 0.4) is 0 Å². The minimum absolute atomic E-state index is 0. The van der Waals surface area contributed by atoms with E-state index in [0.717, 1.165) is 23.5 Å². The number of unbranched alkanes of at least 4 members (excludes halogenated alkanes) is 1. The maximum Gasteiger partial charge on any atom is 0.306 e. The van der Waals surface area contributed by atoms with Crippen LogP contribution in [0.4, 0.5) is 0 Å². The minimum atomic E-state index is -0.187. The lowest BCUT2D eigenvalue weighted by Gasteiger charge is -2.03. The molecule has 2 aromatic rings. The number of nitrogens with zero attached hydrogens (tertiary/aromatic N) is 2. The number of hydrogen-bond donors (Lipinski definition) is 0. The van der Waals surface area contributed by atoms with E-state index in [0.29, 0.717) is 11.6 Å². The highest BCUT2D eigenvalue weighted by Crippen LogP contribution is 2.22. The number of carbonyl (C=O) groups is 1. The highest BCUT2D eigenvalue weighted by atomic mass is 79.9. The predicted molar refractivity (Wildman–Crippen MR) is 77.7 cm³/mol. The number of esters is 1. The van der Waals surface area contributed by atoms with Crippen LogP contribution < -0.4 is 0 Å². The van der Waals surface area contributed by atoms with Crippen LogP contribution in [-0.4, -0.2) is 15.4 Å². The van der Waals surface area contributed by atoms with Gasteiger partial charge in [0.1, 0.15) is 6.61 Å². The zero-order valence-corrected chi connectivity index (χ0v) is 13.2. The number of ether oxygens (including phenoxy) is 1. The Morgan fingerprint density at radius 1 is 1.61 bits per heavy atom. The number of fused-ring (bicyclic) bond motifs is 1. The Hall–Kier alpha value is -0.590. The van der Waals surface area contributed by atoms with Crippen LogP contribution in [-0.2, 0) is 16.1 Å². The number of carbonyl (C=O) groups excluding carboxylic acids is 1. The second-order valence-corrected chi connectivity index (χ2v) is 4.90. The van der Waals surface area contributed by atoms with Gasteiger partial charge in [-0.25, -0.2) is 4.98 Å². The first-order valence-corrected chi connectivity index (χ1v) is 6.73. The molecule has 2 aromatic heterocycles. The van der Waals surface area contributed by atoms with Crippen LogP contribution >= 0.6 is 39.9 Å². The van der Waals surface area contributed by atoms with E-state index in [9.17, 15) is 4.79 Å². The molecule has 7 heteroatoms. The second-order valence-electron chi connectivity index (χ2n) is 3.67. The molecule has 2 heterocycles. The number of imidazole rings is 1. The van der Waals surface area contributed by atoms with Crippen LogP contribution in [0.1, 0.15) is 31.9 Å². The molecule has 0 unspecified atom stereocenters. The standard InChI is InChI=1S/C11H13ClN2O2S.BrH/c1-2-3-4-9(15)16-7-8-10(12)13-11-14(8)5-6-17-11;/h5-6H,2-4,7H2,1H3;1H. The van der Waals surface area contributed by atoms with Crippen molar-refractivity contribution in [2.45, 2.75) is 32.8 Å². The van der Waals surface area contributed by atoms with Crippen molar-refractivity contribution in [1.29, 1.82) is 0 Å². The van der Waals surface area contributed by atoms with Crippen molar-refractivity contribution < 1.29 is 9.53 Å². The Morgan fingerprint density at radius 3 is 3.11 bits per heavy atom. The first kappa shape index (κ1) is 15.5. The molecule has 0 spiro atoms. The summed E-state index contributed by atoms with van der Waals surface area (Å²) < 4.78 is 7.01. The molecule has 4 nitrogen and oxygen atoms in total. The van der Waals surface area contributed by atoms with Crippen molar-refractivity contribution in [2.24, 2.45) is 0 Å². The molecular weight excluding hydrogens is 340 g/mol. The molecule has 0 aromatic carbocycles. The van der Waals surface area contributed by atoms with Gasteiger partial charge in [0, 0.05) is 18.0 Å². The Morgan fingerprint density at radius 2 is 2.39 bits per heavy atom. The van der Waals surface area contributed by atoms with Crippen LogP contribution in [0.15, 0.2) is 11.6 Å². The van der Waals surface area contributed by atoms with Gasteiger partial charge in [0.15, 0.2) is 10.1 Å². The van der Waals surface area contributed by atoms with Gasteiger partial charge in [-0.2, -0.15) is 0 Å². The number of rotatable bonds is 5. The Kier molecular flexibility index (Phi) is 6.11. The molecule has 0 aliphatic heterocycles. The number of hydrogen-bond acceptors (Lipinski definition) is 4. The lowest BCUT2D eigenvalue weighted by Crippen LogP contribution is -2.05. The molecule has 0 bridgehead atoms. The van der Waals surface area contributed by atoms with Crippen molar-refractivity contribution in [3.63, 3.8) is 0 Å². The maximum absolute atomic E-state index is 11.4. The summed E-state index contributed by atoms with van der Waals surface area (Å²) in [5.41, 5.74) is 0.729. The molecule has 0 N–H and O–H groups in total. The quantitative estimate of drug-likeness (QED) is 0.767. The molecule has 18 heavy (non-hydrogen) atoms. The highest BCUT2D eigenvalue weighted by molar-refractivity contribution is 8.93. The van der Waals surface area contributed by atoms with Gasteiger partial charge in [-0.1, -0.05) is 24.9 Å². The smallest absolute Gasteiger partial charge is 0.306 e. The summed E-state index contributed by atoms with van der Waals surface area (Å²) in [6.07, 6.45) is 4.16. The van der Waals surface area contributed by atoms with Crippen LogP contribution in [0.5, 0.6) is 0 Å². The monoisotopic (exact) mass is 352 g/mol. The largest absolute Gasteiger partial charge is 0.459 e. The van der Waals surface area contributed by atoms with Crippen LogP contribution in [0, 0.1) is 0 Å². The zero-order chi connectivity index (χ0) is 12.3. The van der Waals surface area contributed by atoms with E-state index in [1.165, 1.54) is 11.3 Å². The fourth-order valence-electron chi connectivity index (χ4n) is 1.48. The molecule has 0 aliphatic rings. The molecule has 0 fully saturated rings. The second kappa shape index (κ2) is 7.11. The number of thiazole rings is 1. The molecule has 100 valence electrons. The average molecular weight is 354 g/mol. The van der Waals surface area contributed by atoms with Gasteiger partial charge in [-0.05, 0) is 6.42 Å². The van der Waals surface area contributed by atoms with Gasteiger partial charge < -0.3 is 4.74 Å². The van der Waals surface area contributed by atoms with Crippen molar-refractivity contribution in [3.8, 4) is 0 Å². The molecule has 0 saturated heterocycles. The van der Waals surface area contributed by atoms with Gasteiger partial charge in [0.05, 0.1) is 5.69 Å². The van der Waals surface area contributed by atoms with Gasteiger partial charge in [-0.3, -0.25) is 9.20 Å². The van der Waals surface area contributed by atoms with E-state index in [4.69, 9.17) is 16.3 Å². The lowest BCUT2D eigenvalue weighted by molar-refractivity contribution is -0.145. The summed E-state index contributed by atoms with van der Waals surface area (Å²) in [5, 5.41) is 2.32. The third-order valence-corrected chi connectivity index (χ3v) is 3.48. The van der Waals surface area contributed by atoms with E-state index >= 15 is 0 Å². The molecular formula is C11H14BrClN2O2S. The van der Waals surface area contributed by atoms with E-state index in [2.05, 4.69) is 4.98 Å². The molecule has 2 rings (SSSR count). The summed E-state index contributed by atoms with van der Waals surface area (Å²) >= 11 is 7.48. The van der Waals surface area contributed by atoms with Crippen molar-refractivity contribution in [2.75, 3.05) is 0 Å². The normalized spacial score (nSPS) is 10.3. The van der Waals surface area contributed by atoms with Crippen molar-refractivity contribution in [3.05, 3.63) is 22.4 Å². The molecule has 0 radical (unpaired) electrons. The van der Waals surface area contributed by atoms with E-state index in [1.807, 2.05) is 22.9 Å². The number of aromatic nitrogens is 2. The SMILES string of the molecule is Br.CCCCC(=O)OCc1c(Cl)nc2sccn12. The Bertz CT molecular complexity index is 526. The van der Waals surface area contributed by atoms with E-state index in [-0.39, 0.29) is 29.6 Å². The van der Waals surface area contributed by atoms with Crippen LogP contribution in [0.25, 0.3) is 4.96 Å². The zero-order valence-electron chi connectivity index (χ0n) is 9.89. The third kappa shape index (κ3) is 3.46. The fraction of sp³-hybridized carbons (Fsp3) is 0.455. The summed E-state index contributed by atoms with van der Waals surface area (Å²) in [6, 6.07) is 0. The molecule has 0 amide bonds. The van der Waals surface area contributed by atoms with Gasteiger partial charge in [-0.15, -0.1) is 28.3 Å². The summed E-state index contributed by atoms with van der Waals surface area (Å²) in [6.45, 7) is 2.22. The minimum Gasteiger partial charge on any atom is -0.459 e. The predicted octanol–water partition coefficient (Wildman–Crippen LogP) is 3.86. The average Bonchev–Trinajstić information content (AvgIpc) is 2.84. The summed E-state index contributed by atoms with van der Waals surface area (Å²) in [7, 11) is 0. The molecule has 0 atom stereocenters. The Labute approximate surface area is 125 Å². The first-order valence-electron chi connectivity index (χ1n) is 5.48. The van der Waals surface area contributed by atoms with Gasteiger partial charge in [0.2, 0.25) is 0 Å².